The molecular weight excluding hydrogens is 260 g/mol. The molecule has 0 unspecified atom stereocenters. The van der Waals surface area contributed by atoms with Crippen LogP contribution in [0.5, 0.6) is 0 Å². The summed E-state index contributed by atoms with van der Waals surface area (Å²) in [5, 5.41) is 8.70. The highest BCUT2D eigenvalue weighted by Gasteiger charge is 2.21. The van der Waals surface area contributed by atoms with Crippen LogP contribution in [0.1, 0.15) is 28.0 Å². The first-order chi connectivity index (χ1) is 6.43. The molecule has 0 aliphatic heterocycles. The second kappa shape index (κ2) is 4.00. The van der Waals surface area contributed by atoms with Crippen molar-refractivity contribution in [1.82, 2.24) is 4.98 Å². The maximum Gasteiger partial charge on any atom is 0.338 e. The Kier molecular flexibility index (Phi) is 3.15. The normalized spacial score (nSPS) is 10.6. The van der Waals surface area contributed by atoms with E-state index in [1.165, 1.54) is 6.92 Å². The molecule has 0 amide bonds. The van der Waals surface area contributed by atoms with Crippen LogP contribution in [0.25, 0.3) is 0 Å². The molecule has 1 aromatic rings. The number of carboxylic acid groups (broad SMARTS) is 1. The molecule has 0 bridgehead atoms. The van der Waals surface area contributed by atoms with E-state index in [4.69, 9.17) is 5.11 Å². The molecule has 76 valence electrons. The summed E-state index contributed by atoms with van der Waals surface area (Å²) in [5.74, 6) is -1.39. The molecule has 0 fully saturated rings. The Morgan fingerprint density at radius 3 is 2.64 bits per heavy atom. The van der Waals surface area contributed by atoms with Gasteiger partial charge in [-0.05, 0) is 28.9 Å². The van der Waals surface area contributed by atoms with E-state index in [2.05, 4.69) is 20.9 Å². The average molecular weight is 266 g/mol. The van der Waals surface area contributed by atoms with Gasteiger partial charge in [-0.2, -0.15) is 0 Å². The lowest BCUT2D eigenvalue weighted by molar-refractivity contribution is 0.0683. The fourth-order valence-corrected chi connectivity index (χ4v) is 1.62. The molecule has 0 saturated heterocycles. The molecule has 3 nitrogen and oxygen atoms in total. The van der Waals surface area contributed by atoms with Gasteiger partial charge in [0.25, 0.3) is 6.43 Å². The molecule has 0 spiro atoms. The highest BCUT2D eigenvalue weighted by molar-refractivity contribution is 9.10. The maximum atomic E-state index is 12.4. The molecule has 0 radical (unpaired) electrons. The number of carbonyl (C=O) groups is 1. The monoisotopic (exact) mass is 265 g/mol. The summed E-state index contributed by atoms with van der Waals surface area (Å²) < 4.78 is 25.1. The van der Waals surface area contributed by atoms with Gasteiger partial charge >= 0.3 is 5.97 Å². The van der Waals surface area contributed by atoms with Crippen LogP contribution in [0.4, 0.5) is 8.78 Å². The maximum absolute atomic E-state index is 12.4. The minimum Gasteiger partial charge on any atom is -0.478 e. The second-order valence-electron chi connectivity index (χ2n) is 2.60. The number of pyridine rings is 1. The lowest BCUT2D eigenvalue weighted by atomic mass is 10.1. The van der Waals surface area contributed by atoms with E-state index >= 15 is 0 Å². The number of halogens is 3. The van der Waals surface area contributed by atoms with Crippen molar-refractivity contribution in [3.8, 4) is 0 Å². The zero-order valence-corrected chi connectivity index (χ0v) is 8.68. The Morgan fingerprint density at radius 1 is 1.64 bits per heavy atom. The van der Waals surface area contributed by atoms with Crippen molar-refractivity contribution >= 4 is 21.9 Å². The minimum absolute atomic E-state index is 0.0715. The first-order valence-electron chi connectivity index (χ1n) is 3.62. The molecule has 0 saturated carbocycles. The number of carboxylic acids is 1. The summed E-state index contributed by atoms with van der Waals surface area (Å²) >= 11 is 2.93. The van der Waals surface area contributed by atoms with Crippen molar-refractivity contribution in [2.45, 2.75) is 13.3 Å². The van der Waals surface area contributed by atoms with E-state index in [-0.39, 0.29) is 10.3 Å². The number of aryl methyl sites for hydroxylation is 1. The standard InChI is InChI=1S/C8H6BrF2NO2/c1-3-6(8(13)14)4(7(10)11)2-5(9)12-3/h2,7H,1H3,(H,13,14). The zero-order chi connectivity index (χ0) is 10.9. The summed E-state index contributed by atoms with van der Waals surface area (Å²) in [6.45, 7) is 1.38. The second-order valence-corrected chi connectivity index (χ2v) is 3.41. The van der Waals surface area contributed by atoms with Crippen LogP contribution < -0.4 is 0 Å². The fourth-order valence-electron chi connectivity index (χ4n) is 1.11. The molecule has 0 aromatic carbocycles. The quantitative estimate of drug-likeness (QED) is 0.837. The molecule has 1 rings (SSSR count). The number of hydrogen-bond donors (Lipinski definition) is 1. The number of alkyl halides is 2. The molecule has 1 heterocycles. The molecular formula is C8H6BrF2NO2. The average Bonchev–Trinajstić information content (AvgIpc) is 2.01. The first kappa shape index (κ1) is 11.0. The topological polar surface area (TPSA) is 50.2 Å². The predicted molar refractivity (Wildman–Crippen MR) is 48.6 cm³/mol. The third-order valence-electron chi connectivity index (χ3n) is 1.65. The van der Waals surface area contributed by atoms with Crippen molar-refractivity contribution < 1.29 is 18.7 Å². The number of rotatable bonds is 2. The van der Waals surface area contributed by atoms with E-state index in [0.29, 0.717) is 0 Å². The van der Waals surface area contributed by atoms with Crippen molar-refractivity contribution in [3.05, 3.63) is 27.5 Å². The molecule has 6 heteroatoms. The summed E-state index contributed by atoms with van der Waals surface area (Å²) in [4.78, 5) is 14.4. The van der Waals surface area contributed by atoms with E-state index in [0.717, 1.165) is 6.07 Å². The summed E-state index contributed by atoms with van der Waals surface area (Å²) in [6, 6.07) is 1.01. The van der Waals surface area contributed by atoms with E-state index < -0.39 is 23.5 Å². The lowest BCUT2D eigenvalue weighted by Gasteiger charge is -2.07. The third kappa shape index (κ3) is 2.06. The Balaban J connectivity index is 3.44. The highest BCUT2D eigenvalue weighted by atomic mass is 79.9. The van der Waals surface area contributed by atoms with Gasteiger partial charge in [0.2, 0.25) is 0 Å². The van der Waals surface area contributed by atoms with Gasteiger partial charge in [0, 0.05) is 5.56 Å². The predicted octanol–water partition coefficient (Wildman–Crippen LogP) is 2.79. The van der Waals surface area contributed by atoms with Gasteiger partial charge in [-0.1, -0.05) is 0 Å². The van der Waals surface area contributed by atoms with Crippen LogP contribution in [0.3, 0.4) is 0 Å². The lowest BCUT2D eigenvalue weighted by Crippen LogP contribution is -2.07. The molecule has 1 aromatic heterocycles. The van der Waals surface area contributed by atoms with E-state index in [1.54, 1.807) is 0 Å². The largest absolute Gasteiger partial charge is 0.478 e. The Hall–Kier alpha value is -1.04. The van der Waals surface area contributed by atoms with Crippen LogP contribution in [0, 0.1) is 6.92 Å². The highest BCUT2D eigenvalue weighted by Crippen LogP contribution is 2.27. The van der Waals surface area contributed by atoms with Crippen LogP contribution in [0.15, 0.2) is 10.7 Å². The van der Waals surface area contributed by atoms with Crippen molar-refractivity contribution in [3.63, 3.8) is 0 Å². The smallest absolute Gasteiger partial charge is 0.338 e. The van der Waals surface area contributed by atoms with Gasteiger partial charge in [0.1, 0.15) is 4.60 Å². The summed E-state index contributed by atoms with van der Waals surface area (Å²) in [6.07, 6.45) is -2.82. The fraction of sp³-hybridized carbons (Fsp3) is 0.250. The summed E-state index contributed by atoms with van der Waals surface area (Å²) in [7, 11) is 0. The molecule has 0 aliphatic carbocycles. The van der Waals surface area contributed by atoms with Gasteiger partial charge in [0.15, 0.2) is 0 Å². The molecule has 0 atom stereocenters. The first-order valence-corrected chi connectivity index (χ1v) is 4.41. The van der Waals surface area contributed by atoms with Crippen LogP contribution >= 0.6 is 15.9 Å². The SMILES string of the molecule is Cc1nc(Br)cc(C(F)F)c1C(=O)O. The molecule has 14 heavy (non-hydrogen) atoms. The van der Waals surface area contributed by atoms with Crippen molar-refractivity contribution in [2.24, 2.45) is 0 Å². The number of aromatic nitrogens is 1. The van der Waals surface area contributed by atoms with Crippen LogP contribution in [-0.2, 0) is 0 Å². The Labute approximate surface area is 86.9 Å². The van der Waals surface area contributed by atoms with Crippen LogP contribution in [-0.4, -0.2) is 16.1 Å². The number of aromatic carboxylic acids is 1. The van der Waals surface area contributed by atoms with Gasteiger partial charge in [-0.25, -0.2) is 18.6 Å². The molecule has 0 aliphatic rings. The molecule has 1 N–H and O–H groups in total. The Bertz CT molecular complexity index is 382. The minimum atomic E-state index is -2.82. The van der Waals surface area contributed by atoms with E-state index in [1.807, 2.05) is 0 Å². The summed E-state index contributed by atoms with van der Waals surface area (Å²) in [5.41, 5.74) is -0.873. The van der Waals surface area contributed by atoms with Gasteiger partial charge in [-0.3, -0.25) is 0 Å². The van der Waals surface area contributed by atoms with Crippen molar-refractivity contribution in [2.75, 3.05) is 0 Å². The van der Waals surface area contributed by atoms with Crippen LogP contribution in [0.2, 0.25) is 0 Å². The zero-order valence-electron chi connectivity index (χ0n) is 7.09. The van der Waals surface area contributed by atoms with Gasteiger partial charge < -0.3 is 5.11 Å². The van der Waals surface area contributed by atoms with E-state index in [9.17, 15) is 13.6 Å². The number of nitrogens with zero attached hydrogens (tertiary/aromatic N) is 1. The van der Waals surface area contributed by atoms with Gasteiger partial charge in [0.05, 0.1) is 11.3 Å². The Morgan fingerprint density at radius 2 is 2.21 bits per heavy atom. The van der Waals surface area contributed by atoms with Crippen molar-refractivity contribution in [1.29, 1.82) is 0 Å². The number of hydrogen-bond acceptors (Lipinski definition) is 2. The third-order valence-corrected chi connectivity index (χ3v) is 2.05. The van der Waals surface area contributed by atoms with Gasteiger partial charge in [-0.15, -0.1) is 0 Å².